The van der Waals surface area contributed by atoms with Crippen molar-refractivity contribution < 1.29 is 17.9 Å². The molecule has 1 aromatic heterocycles. The van der Waals surface area contributed by atoms with E-state index < -0.39 is 21.7 Å². The van der Waals surface area contributed by atoms with Crippen molar-refractivity contribution in [2.75, 3.05) is 7.11 Å². The van der Waals surface area contributed by atoms with Crippen LogP contribution in [0.15, 0.2) is 46.1 Å². The molecule has 0 spiro atoms. The Morgan fingerprint density at radius 3 is 2.72 bits per heavy atom. The van der Waals surface area contributed by atoms with Gasteiger partial charge in [0.1, 0.15) is 17.1 Å². The number of rotatable bonds is 4. The van der Waals surface area contributed by atoms with E-state index in [9.17, 15) is 13.2 Å². The van der Waals surface area contributed by atoms with Crippen molar-refractivity contribution in [1.82, 2.24) is 9.29 Å². The fourth-order valence-corrected chi connectivity index (χ4v) is 5.84. The molecule has 0 bridgehead atoms. The van der Waals surface area contributed by atoms with E-state index in [1.807, 2.05) is 19.9 Å². The number of nitrogens with zero attached hydrogens (tertiary/aromatic N) is 1. The van der Waals surface area contributed by atoms with Gasteiger partial charge in [0.15, 0.2) is 0 Å². The first-order valence-corrected chi connectivity index (χ1v) is 11.4. The third kappa shape index (κ3) is 3.65. The summed E-state index contributed by atoms with van der Waals surface area (Å²) in [7, 11) is -0.562. The molecule has 154 valence electrons. The van der Waals surface area contributed by atoms with E-state index in [-0.39, 0.29) is 9.77 Å². The van der Waals surface area contributed by atoms with Gasteiger partial charge in [-0.1, -0.05) is 17.4 Å². The molecule has 0 amide bonds. The molecule has 4 rings (SSSR count). The van der Waals surface area contributed by atoms with Crippen molar-refractivity contribution in [2.24, 2.45) is 7.05 Å². The van der Waals surface area contributed by atoms with Crippen molar-refractivity contribution >= 4 is 31.6 Å². The maximum Gasteiger partial charge on any atom is 0.307 e. The second-order valence-corrected chi connectivity index (χ2v) is 10.4. The molecule has 1 atom stereocenters. The Morgan fingerprint density at radius 2 is 2.00 bits per heavy atom. The second-order valence-electron chi connectivity index (χ2n) is 7.70. The van der Waals surface area contributed by atoms with E-state index >= 15 is 0 Å². The maximum atomic E-state index is 13.1. The van der Waals surface area contributed by atoms with Crippen LogP contribution < -0.4 is 19.1 Å². The molecule has 7 nitrogen and oxygen atoms in total. The average molecular weight is 435 g/mol. The highest BCUT2D eigenvalue weighted by molar-refractivity contribution is 7.89. The zero-order valence-electron chi connectivity index (χ0n) is 16.6. The minimum atomic E-state index is -3.80. The number of hydrogen-bond donors (Lipinski definition) is 1. The van der Waals surface area contributed by atoms with Crippen LogP contribution in [0.1, 0.15) is 31.9 Å². The summed E-state index contributed by atoms with van der Waals surface area (Å²) in [4.78, 5) is 11.9. The highest BCUT2D eigenvalue weighted by atomic mass is 32.2. The number of sulfonamides is 1. The Bertz CT molecular complexity index is 1260. The Kier molecular flexibility index (Phi) is 4.71. The van der Waals surface area contributed by atoms with Gasteiger partial charge in [-0.05, 0) is 38.1 Å². The van der Waals surface area contributed by atoms with Crippen LogP contribution in [0.3, 0.4) is 0 Å². The van der Waals surface area contributed by atoms with Gasteiger partial charge in [0.05, 0.1) is 28.3 Å². The Labute approximate surface area is 172 Å². The number of nitrogens with one attached hydrogen (secondary N) is 1. The summed E-state index contributed by atoms with van der Waals surface area (Å²) < 4.78 is 42.5. The summed E-state index contributed by atoms with van der Waals surface area (Å²) in [5, 5.41) is 0. The molecule has 1 aliphatic rings. The van der Waals surface area contributed by atoms with E-state index in [0.717, 1.165) is 16.9 Å². The predicted octanol–water partition coefficient (Wildman–Crippen LogP) is 3.19. The summed E-state index contributed by atoms with van der Waals surface area (Å²) in [6.07, 6.45) is 0.479. The molecule has 0 radical (unpaired) electrons. The largest absolute Gasteiger partial charge is 0.497 e. The van der Waals surface area contributed by atoms with Gasteiger partial charge in [0.25, 0.3) is 0 Å². The molecule has 0 unspecified atom stereocenters. The molecule has 2 aromatic carbocycles. The van der Waals surface area contributed by atoms with Crippen LogP contribution in [0.2, 0.25) is 0 Å². The molecular formula is C20H22N2O5S2. The minimum absolute atomic E-state index is 0.128. The monoisotopic (exact) mass is 434 g/mol. The topological polar surface area (TPSA) is 86.6 Å². The van der Waals surface area contributed by atoms with Crippen molar-refractivity contribution in [3.8, 4) is 11.5 Å². The number of hydrogen-bond acceptors (Lipinski definition) is 6. The van der Waals surface area contributed by atoms with Crippen LogP contribution in [-0.2, 0) is 17.1 Å². The van der Waals surface area contributed by atoms with E-state index in [1.165, 1.54) is 10.6 Å². The van der Waals surface area contributed by atoms with Crippen LogP contribution in [-0.4, -0.2) is 25.7 Å². The normalized spacial score (nSPS) is 18.3. The zero-order valence-corrected chi connectivity index (χ0v) is 18.2. The molecule has 2 heterocycles. The van der Waals surface area contributed by atoms with Crippen LogP contribution in [0.25, 0.3) is 10.2 Å². The number of methoxy groups -OCH3 is 1. The van der Waals surface area contributed by atoms with Gasteiger partial charge in [-0.15, -0.1) is 0 Å². The number of thiazole rings is 1. The summed E-state index contributed by atoms with van der Waals surface area (Å²) >= 11 is 1.03. The fraction of sp³-hybridized carbons (Fsp3) is 0.350. The van der Waals surface area contributed by atoms with Crippen LogP contribution in [0.4, 0.5) is 0 Å². The highest BCUT2D eigenvalue weighted by Gasteiger charge is 2.36. The van der Waals surface area contributed by atoms with Gasteiger partial charge in [-0.2, -0.15) is 0 Å². The summed E-state index contributed by atoms with van der Waals surface area (Å²) in [6, 6.07) is 9.66. The maximum absolute atomic E-state index is 13.1. The molecule has 0 saturated carbocycles. The molecule has 3 aromatic rings. The predicted molar refractivity (Wildman–Crippen MR) is 112 cm³/mol. The quantitative estimate of drug-likeness (QED) is 0.682. The van der Waals surface area contributed by atoms with Gasteiger partial charge in [-0.3, -0.25) is 4.79 Å². The molecular weight excluding hydrogens is 412 g/mol. The average Bonchev–Trinajstić information content (AvgIpc) is 2.93. The Balaban J connectivity index is 1.72. The first-order valence-electron chi connectivity index (χ1n) is 9.08. The van der Waals surface area contributed by atoms with Crippen LogP contribution in [0, 0.1) is 0 Å². The van der Waals surface area contributed by atoms with Gasteiger partial charge in [0.2, 0.25) is 10.0 Å². The van der Waals surface area contributed by atoms with Crippen molar-refractivity contribution in [3.63, 3.8) is 0 Å². The molecule has 0 aliphatic carbocycles. The van der Waals surface area contributed by atoms with Gasteiger partial charge >= 0.3 is 4.87 Å². The Hall–Kier alpha value is -2.36. The molecule has 29 heavy (non-hydrogen) atoms. The lowest BCUT2D eigenvalue weighted by Gasteiger charge is -2.37. The lowest BCUT2D eigenvalue weighted by atomic mass is 9.90. The zero-order chi connectivity index (χ0) is 21.0. The first-order chi connectivity index (χ1) is 13.6. The number of benzene rings is 2. The highest BCUT2D eigenvalue weighted by Crippen LogP contribution is 2.41. The summed E-state index contributed by atoms with van der Waals surface area (Å²) in [5.74, 6) is 1.25. The van der Waals surface area contributed by atoms with Crippen molar-refractivity contribution in [2.45, 2.75) is 36.8 Å². The molecule has 1 N–H and O–H groups in total. The SMILES string of the molecule is COc1ccc2c(c1)OC(C)(C)C[C@@H]2NS(=O)(=O)c1ccc2c(c1)sc(=O)n2C. The van der Waals surface area contributed by atoms with E-state index in [1.54, 1.807) is 38.4 Å². The molecule has 1 aliphatic heterocycles. The van der Waals surface area contributed by atoms with Gasteiger partial charge in [-0.25, -0.2) is 13.1 Å². The smallest absolute Gasteiger partial charge is 0.307 e. The standard InChI is InChI=1S/C20H22N2O5S2/c1-20(2)11-15(14-7-5-12(26-4)9-17(14)27-20)21-29(24,25)13-6-8-16-18(10-13)28-19(23)22(16)3/h5-10,15,21H,11H2,1-4H3/t15-/m0/s1. The van der Waals surface area contributed by atoms with E-state index in [2.05, 4.69) is 4.72 Å². The van der Waals surface area contributed by atoms with Gasteiger partial charge < -0.3 is 14.0 Å². The minimum Gasteiger partial charge on any atom is -0.497 e. The van der Waals surface area contributed by atoms with E-state index in [0.29, 0.717) is 28.1 Å². The molecule has 0 saturated heterocycles. The fourth-order valence-electron chi connectivity index (χ4n) is 3.60. The van der Waals surface area contributed by atoms with Crippen LogP contribution >= 0.6 is 11.3 Å². The Morgan fingerprint density at radius 1 is 1.24 bits per heavy atom. The van der Waals surface area contributed by atoms with Crippen molar-refractivity contribution in [3.05, 3.63) is 51.6 Å². The molecule has 0 fully saturated rings. The van der Waals surface area contributed by atoms with Crippen LogP contribution in [0.5, 0.6) is 11.5 Å². The number of aryl methyl sites for hydroxylation is 1. The number of ether oxygens (including phenoxy) is 2. The van der Waals surface area contributed by atoms with Crippen molar-refractivity contribution in [1.29, 1.82) is 0 Å². The lowest BCUT2D eigenvalue weighted by molar-refractivity contribution is 0.0699. The second kappa shape index (κ2) is 6.86. The third-order valence-electron chi connectivity index (χ3n) is 5.05. The van der Waals surface area contributed by atoms with Gasteiger partial charge in [0, 0.05) is 25.1 Å². The van der Waals surface area contributed by atoms with E-state index in [4.69, 9.17) is 9.47 Å². The number of aromatic nitrogens is 1. The summed E-state index contributed by atoms with van der Waals surface area (Å²) in [5.41, 5.74) is 0.929. The summed E-state index contributed by atoms with van der Waals surface area (Å²) in [6.45, 7) is 3.84. The molecule has 9 heteroatoms. The lowest BCUT2D eigenvalue weighted by Crippen LogP contribution is -2.41. The third-order valence-corrected chi connectivity index (χ3v) is 7.51. The number of fused-ring (bicyclic) bond motifs is 2. The first kappa shape index (κ1) is 19.9.